The molecule has 2 aliphatic rings. The van der Waals surface area contributed by atoms with Gasteiger partial charge in [0, 0.05) is 38.5 Å². The predicted molar refractivity (Wildman–Crippen MR) is 102 cm³/mol. The van der Waals surface area contributed by atoms with Crippen molar-refractivity contribution in [2.45, 2.75) is 32.3 Å². The van der Waals surface area contributed by atoms with Crippen molar-refractivity contribution >= 4 is 11.7 Å². The van der Waals surface area contributed by atoms with Gasteiger partial charge >= 0.3 is 0 Å². The Hall–Kier alpha value is -2.83. The zero-order valence-corrected chi connectivity index (χ0v) is 15.7. The lowest BCUT2D eigenvalue weighted by Crippen LogP contribution is -2.40. The van der Waals surface area contributed by atoms with Gasteiger partial charge in [-0.05, 0) is 36.6 Å². The molecule has 1 N–H and O–H groups in total. The van der Waals surface area contributed by atoms with E-state index in [2.05, 4.69) is 28.2 Å². The Balaban J connectivity index is 1.41. The number of carbonyl (C=O) groups excluding carboxylic acids is 1. The highest BCUT2D eigenvalue weighted by Crippen LogP contribution is 2.27. The number of piperidine rings is 1. The second-order valence-electron chi connectivity index (χ2n) is 6.98. The molecule has 1 fully saturated rings. The molecule has 0 radical (unpaired) electrons. The number of hydrogen-bond donors (Lipinski definition) is 1. The minimum Gasteiger partial charge on any atom is -0.489 e. The highest BCUT2D eigenvalue weighted by atomic mass is 16.5. The third kappa shape index (κ3) is 3.67. The SMILES string of the molecule is COc1ccc(OC2CCN(c3nc4c(cc3C)CCNC4=O)CC2)cn1. The van der Waals surface area contributed by atoms with E-state index in [4.69, 9.17) is 14.5 Å². The largest absolute Gasteiger partial charge is 0.489 e. The van der Waals surface area contributed by atoms with Gasteiger partial charge in [0.1, 0.15) is 23.4 Å². The van der Waals surface area contributed by atoms with Crippen LogP contribution >= 0.6 is 0 Å². The van der Waals surface area contributed by atoms with Crippen LogP contribution in [0.25, 0.3) is 0 Å². The molecule has 0 atom stereocenters. The number of hydrogen-bond acceptors (Lipinski definition) is 6. The maximum Gasteiger partial charge on any atom is 0.270 e. The Labute approximate surface area is 158 Å². The summed E-state index contributed by atoms with van der Waals surface area (Å²) in [6.45, 7) is 4.46. The van der Waals surface area contributed by atoms with E-state index in [0.29, 0.717) is 18.1 Å². The molecule has 2 aromatic rings. The van der Waals surface area contributed by atoms with Gasteiger partial charge in [-0.15, -0.1) is 0 Å². The number of nitrogens with one attached hydrogen (secondary N) is 1. The number of aryl methyl sites for hydroxylation is 1. The van der Waals surface area contributed by atoms with Gasteiger partial charge in [0.25, 0.3) is 5.91 Å². The third-order valence-corrected chi connectivity index (χ3v) is 5.12. The Kier molecular flexibility index (Phi) is 4.83. The number of methoxy groups -OCH3 is 1. The summed E-state index contributed by atoms with van der Waals surface area (Å²) in [6.07, 6.45) is 4.49. The fraction of sp³-hybridized carbons (Fsp3) is 0.450. The van der Waals surface area contributed by atoms with Crippen molar-refractivity contribution in [3.63, 3.8) is 0 Å². The topological polar surface area (TPSA) is 76.6 Å². The summed E-state index contributed by atoms with van der Waals surface area (Å²) >= 11 is 0. The van der Waals surface area contributed by atoms with E-state index >= 15 is 0 Å². The summed E-state index contributed by atoms with van der Waals surface area (Å²) in [5, 5.41) is 2.88. The Morgan fingerprint density at radius 3 is 2.78 bits per heavy atom. The number of amides is 1. The van der Waals surface area contributed by atoms with Crippen molar-refractivity contribution in [3.05, 3.63) is 41.2 Å². The first-order chi connectivity index (χ1) is 13.1. The van der Waals surface area contributed by atoms with E-state index in [0.717, 1.165) is 55.0 Å². The number of fused-ring (bicyclic) bond motifs is 1. The number of carbonyl (C=O) groups is 1. The third-order valence-electron chi connectivity index (χ3n) is 5.12. The van der Waals surface area contributed by atoms with Crippen molar-refractivity contribution in [1.82, 2.24) is 15.3 Å². The van der Waals surface area contributed by atoms with Crippen LogP contribution in [0.5, 0.6) is 11.6 Å². The normalized spacial score (nSPS) is 17.3. The molecule has 1 amide bonds. The number of ether oxygens (including phenoxy) is 2. The van der Waals surface area contributed by atoms with E-state index in [1.54, 1.807) is 19.4 Å². The zero-order chi connectivity index (χ0) is 18.8. The average Bonchev–Trinajstić information content (AvgIpc) is 2.69. The molecule has 142 valence electrons. The van der Waals surface area contributed by atoms with E-state index in [9.17, 15) is 4.79 Å². The first-order valence-corrected chi connectivity index (χ1v) is 9.34. The second-order valence-corrected chi connectivity index (χ2v) is 6.98. The van der Waals surface area contributed by atoms with E-state index in [1.807, 2.05) is 6.07 Å². The molecular weight excluding hydrogens is 344 g/mol. The number of nitrogens with zero attached hydrogens (tertiary/aromatic N) is 3. The monoisotopic (exact) mass is 368 g/mol. The van der Waals surface area contributed by atoms with Gasteiger partial charge < -0.3 is 19.7 Å². The minimum absolute atomic E-state index is 0.0669. The fourth-order valence-electron chi connectivity index (χ4n) is 3.70. The lowest BCUT2D eigenvalue weighted by atomic mass is 10.0. The molecule has 7 nitrogen and oxygen atoms in total. The van der Waals surface area contributed by atoms with Gasteiger partial charge in [0.05, 0.1) is 13.3 Å². The van der Waals surface area contributed by atoms with Gasteiger partial charge in [0.2, 0.25) is 5.88 Å². The second kappa shape index (κ2) is 7.42. The highest BCUT2D eigenvalue weighted by Gasteiger charge is 2.26. The Morgan fingerprint density at radius 2 is 2.07 bits per heavy atom. The molecule has 0 saturated carbocycles. The minimum atomic E-state index is -0.0669. The summed E-state index contributed by atoms with van der Waals surface area (Å²) in [7, 11) is 1.60. The molecule has 4 rings (SSSR count). The first kappa shape index (κ1) is 17.6. The number of rotatable bonds is 4. The number of pyridine rings is 2. The number of aromatic nitrogens is 2. The van der Waals surface area contributed by atoms with Crippen LogP contribution in [0.2, 0.25) is 0 Å². The van der Waals surface area contributed by atoms with E-state index < -0.39 is 0 Å². The van der Waals surface area contributed by atoms with Gasteiger partial charge in [-0.3, -0.25) is 4.79 Å². The van der Waals surface area contributed by atoms with Crippen LogP contribution in [0.15, 0.2) is 24.4 Å². The van der Waals surface area contributed by atoms with Crippen LogP contribution in [-0.4, -0.2) is 48.7 Å². The van der Waals surface area contributed by atoms with E-state index in [-0.39, 0.29) is 12.0 Å². The number of anilines is 1. The molecule has 1 saturated heterocycles. The van der Waals surface area contributed by atoms with Crippen LogP contribution in [0, 0.1) is 6.92 Å². The molecule has 27 heavy (non-hydrogen) atoms. The van der Waals surface area contributed by atoms with Crippen LogP contribution in [0.3, 0.4) is 0 Å². The standard InChI is InChI=1S/C20H24N4O3/c1-13-11-14-5-8-21-20(25)18(14)23-19(13)24-9-6-15(7-10-24)27-16-3-4-17(26-2)22-12-16/h3-4,11-12,15H,5-10H2,1-2H3,(H,21,25). The van der Waals surface area contributed by atoms with Crippen molar-refractivity contribution in [1.29, 1.82) is 0 Å². The van der Waals surface area contributed by atoms with Gasteiger partial charge in [-0.25, -0.2) is 9.97 Å². The summed E-state index contributed by atoms with van der Waals surface area (Å²) < 4.78 is 11.1. The molecule has 7 heteroatoms. The molecule has 4 heterocycles. The van der Waals surface area contributed by atoms with Crippen LogP contribution < -0.4 is 19.7 Å². The summed E-state index contributed by atoms with van der Waals surface area (Å²) in [4.78, 5) is 23.2. The molecule has 0 bridgehead atoms. The highest BCUT2D eigenvalue weighted by molar-refractivity contribution is 5.95. The molecule has 0 aliphatic carbocycles. The van der Waals surface area contributed by atoms with E-state index in [1.165, 1.54) is 0 Å². The lowest BCUT2D eigenvalue weighted by molar-refractivity contribution is 0.0940. The zero-order valence-electron chi connectivity index (χ0n) is 15.7. The quantitative estimate of drug-likeness (QED) is 0.891. The van der Waals surface area contributed by atoms with Gasteiger partial charge in [-0.1, -0.05) is 0 Å². The summed E-state index contributed by atoms with van der Waals surface area (Å²) in [5.41, 5.74) is 2.75. The van der Waals surface area contributed by atoms with Crippen LogP contribution in [-0.2, 0) is 6.42 Å². The van der Waals surface area contributed by atoms with Crippen molar-refractivity contribution in [3.8, 4) is 11.6 Å². The Bertz CT molecular complexity index is 830. The van der Waals surface area contributed by atoms with Crippen LogP contribution in [0.1, 0.15) is 34.5 Å². The van der Waals surface area contributed by atoms with Crippen molar-refractivity contribution in [2.24, 2.45) is 0 Å². The lowest BCUT2D eigenvalue weighted by Gasteiger charge is -2.34. The Morgan fingerprint density at radius 1 is 1.26 bits per heavy atom. The van der Waals surface area contributed by atoms with Crippen molar-refractivity contribution in [2.75, 3.05) is 31.6 Å². The van der Waals surface area contributed by atoms with Crippen LogP contribution in [0.4, 0.5) is 5.82 Å². The maximum atomic E-state index is 12.1. The summed E-state index contributed by atoms with van der Waals surface area (Å²) in [5.74, 6) is 2.18. The fourth-order valence-corrected chi connectivity index (χ4v) is 3.70. The van der Waals surface area contributed by atoms with Gasteiger partial charge in [-0.2, -0.15) is 0 Å². The maximum absolute atomic E-state index is 12.1. The smallest absolute Gasteiger partial charge is 0.270 e. The average molecular weight is 368 g/mol. The molecule has 0 spiro atoms. The molecule has 2 aliphatic heterocycles. The van der Waals surface area contributed by atoms with Gasteiger partial charge in [0.15, 0.2) is 0 Å². The molecular formula is C20H24N4O3. The summed E-state index contributed by atoms with van der Waals surface area (Å²) in [6, 6.07) is 5.80. The molecule has 0 aromatic carbocycles. The predicted octanol–water partition coefficient (Wildman–Crippen LogP) is 2.13. The molecule has 2 aromatic heterocycles. The van der Waals surface area contributed by atoms with Crippen molar-refractivity contribution < 1.29 is 14.3 Å². The molecule has 0 unspecified atom stereocenters. The first-order valence-electron chi connectivity index (χ1n) is 9.34.